The van der Waals surface area contributed by atoms with Gasteiger partial charge in [0.05, 0.1) is 6.61 Å². The molecule has 6 heteroatoms. The smallest absolute Gasteiger partial charge is 0.214 e. The molecule has 0 aromatic carbocycles. The standard InChI is InChI=1S/C17H32O3Si3/c1-7-22(3,4)19-17(14-18-21,20-23(5,6)8-2)16-11-9-15(13-16)10-12-16/h7-9,11,15H,1-2,10,12-14H2,3-6,21H3. The second-order valence-electron chi connectivity index (χ2n) is 8.02. The molecule has 2 unspecified atom stereocenters. The summed E-state index contributed by atoms with van der Waals surface area (Å²) in [4.78, 5) is 0. The minimum Gasteiger partial charge on any atom is -0.422 e. The number of hydrogen-bond donors (Lipinski definition) is 0. The Morgan fingerprint density at radius 1 is 1.22 bits per heavy atom. The Morgan fingerprint density at radius 2 is 1.78 bits per heavy atom. The lowest BCUT2D eigenvalue weighted by Gasteiger charge is -2.51. The summed E-state index contributed by atoms with van der Waals surface area (Å²) in [6, 6.07) is 0. The summed E-state index contributed by atoms with van der Waals surface area (Å²) < 4.78 is 19.4. The van der Waals surface area contributed by atoms with Crippen molar-refractivity contribution in [3.05, 3.63) is 36.7 Å². The first-order chi connectivity index (χ1) is 10.6. The molecule has 1 saturated carbocycles. The van der Waals surface area contributed by atoms with Crippen LogP contribution in [0, 0.1) is 11.3 Å². The van der Waals surface area contributed by atoms with Gasteiger partial charge in [0.1, 0.15) is 10.5 Å². The van der Waals surface area contributed by atoms with E-state index in [0.717, 1.165) is 12.8 Å². The van der Waals surface area contributed by atoms with E-state index in [1.54, 1.807) is 0 Å². The Morgan fingerprint density at radius 3 is 2.09 bits per heavy atom. The Balaban J connectivity index is 2.48. The molecule has 2 aliphatic rings. The van der Waals surface area contributed by atoms with Crippen LogP contribution in [0.4, 0.5) is 0 Å². The fraction of sp³-hybridized carbons (Fsp3) is 0.647. The SMILES string of the molecule is C=C[Si](C)(C)OC(CO[SiH3])(O[Si](C)(C)C=C)C12C=CC(CC1)C2. The van der Waals surface area contributed by atoms with Crippen LogP contribution < -0.4 is 0 Å². The fourth-order valence-corrected chi connectivity index (χ4v) is 6.71. The molecule has 0 heterocycles. The van der Waals surface area contributed by atoms with Gasteiger partial charge in [-0.3, -0.25) is 0 Å². The molecule has 0 N–H and O–H groups in total. The van der Waals surface area contributed by atoms with Gasteiger partial charge in [-0.25, -0.2) is 0 Å². The van der Waals surface area contributed by atoms with Gasteiger partial charge < -0.3 is 13.3 Å². The van der Waals surface area contributed by atoms with Crippen molar-refractivity contribution in [2.45, 2.75) is 51.2 Å². The number of rotatable bonds is 9. The van der Waals surface area contributed by atoms with Crippen LogP contribution in [-0.2, 0) is 13.3 Å². The number of hydrogen-bond acceptors (Lipinski definition) is 3. The predicted molar refractivity (Wildman–Crippen MR) is 105 cm³/mol. The molecule has 0 radical (unpaired) electrons. The molecule has 3 nitrogen and oxygen atoms in total. The maximum atomic E-state index is 6.79. The first-order valence-corrected chi connectivity index (χ1v) is 15.3. The van der Waals surface area contributed by atoms with Gasteiger partial charge in [-0.1, -0.05) is 23.6 Å². The Bertz CT molecular complexity index is 479. The molecule has 2 rings (SSSR count). The molecule has 0 amide bonds. The zero-order chi connectivity index (χ0) is 17.4. The van der Waals surface area contributed by atoms with Crippen LogP contribution in [-0.4, -0.2) is 39.5 Å². The summed E-state index contributed by atoms with van der Waals surface area (Å²) >= 11 is 0. The third-order valence-electron chi connectivity index (χ3n) is 5.21. The highest BCUT2D eigenvalue weighted by atomic mass is 28.4. The van der Waals surface area contributed by atoms with Crippen molar-refractivity contribution in [1.29, 1.82) is 0 Å². The van der Waals surface area contributed by atoms with Gasteiger partial charge in [-0.05, 0) is 51.4 Å². The van der Waals surface area contributed by atoms with Gasteiger partial charge in [0.25, 0.3) is 0 Å². The Kier molecular flexibility index (Phi) is 5.45. The van der Waals surface area contributed by atoms with E-state index in [1.807, 2.05) is 11.4 Å². The third kappa shape index (κ3) is 3.72. The van der Waals surface area contributed by atoms with Crippen molar-refractivity contribution in [1.82, 2.24) is 0 Å². The summed E-state index contributed by atoms with van der Waals surface area (Å²) in [7, 11) is -3.42. The second kappa shape index (κ2) is 6.57. The number of fused-ring (bicyclic) bond motifs is 2. The van der Waals surface area contributed by atoms with Gasteiger partial charge in [-0.15, -0.1) is 13.2 Å². The average molecular weight is 369 g/mol. The maximum Gasteiger partial charge on any atom is 0.214 e. The normalized spacial score (nSPS) is 27.6. The van der Waals surface area contributed by atoms with Crippen molar-refractivity contribution in [2.24, 2.45) is 11.3 Å². The summed E-state index contributed by atoms with van der Waals surface area (Å²) in [6.07, 6.45) is 8.15. The van der Waals surface area contributed by atoms with Gasteiger partial charge in [0.2, 0.25) is 16.6 Å². The average Bonchev–Trinajstić information content (AvgIpc) is 3.09. The van der Waals surface area contributed by atoms with E-state index >= 15 is 0 Å². The van der Waals surface area contributed by atoms with Crippen LogP contribution in [0.3, 0.4) is 0 Å². The molecule has 0 aromatic rings. The van der Waals surface area contributed by atoms with E-state index in [4.69, 9.17) is 13.3 Å². The van der Waals surface area contributed by atoms with Gasteiger partial charge in [0.15, 0.2) is 5.79 Å². The molecule has 2 atom stereocenters. The van der Waals surface area contributed by atoms with Crippen molar-refractivity contribution in [3.63, 3.8) is 0 Å². The largest absolute Gasteiger partial charge is 0.422 e. The summed E-state index contributed by atoms with van der Waals surface area (Å²) in [5, 5.41) is 0. The molecular formula is C17H32O3Si3. The Hall–Kier alpha value is -0.249. The van der Waals surface area contributed by atoms with Crippen LogP contribution in [0.2, 0.25) is 26.2 Å². The van der Waals surface area contributed by atoms with E-state index in [2.05, 4.69) is 51.5 Å². The fourth-order valence-electron chi connectivity index (χ4n) is 3.77. The second-order valence-corrected chi connectivity index (χ2v) is 16.2. The molecule has 0 saturated heterocycles. The van der Waals surface area contributed by atoms with Crippen LogP contribution in [0.1, 0.15) is 19.3 Å². The first-order valence-electron chi connectivity index (χ1n) is 8.49. The summed E-state index contributed by atoms with van der Waals surface area (Å²) in [5.41, 5.74) is 3.91. The first kappa shape index (κ1) is 19.1. The van der Waals surface area contributed by atoms with Gasteiger partial charge in [0, 0.05) is 5.41 Å². The van der Waals surface area contributed by atoms with Crippen LogP contribution in [0.15, 0.2) is 36.7 Å². The molecule has 2 aliphatic carbocycles. The van der Waals surface area contributed by atoms with Crippen LogP contribution in [0.25, 0.3) is 0 Å². The highest BCUT2D eigenvalue weighted by molar-refractivity contribution is 6.77. The molecule has 0 aromatic heterocycles. The number of allylic oxidation sites excluding steroid dienone is 1. The van der Waals surface area contributed by atoms with Crippen molar-refractivity contribution in [3.8, 4) is 0 Å². The van der Waals surface area contributed by atoms with Crippen molar-refractivity contribution >= 4 is 27.1 Å². The van der Waals surface area contributed by atoms with Crippen molar-refractivity contribution in [2.75, 3.05) is 6.61 Å². The lowest BCUT2D eigenvalue weighted by molar-refractivity contribution is -0.212. The zero-order valence-electron chi connectivity index (χ0n) is 15.4. The quantitative estimate of drug-likeness (QED) is 0.355. The minimum absolute atomic E-state index is 0.0668. The highest BCUT2D eigenvalue weighted by Crippen LogP contribution is 2.58. The van der Waals surface area contributed by atoms with Crippen LogP contribution >= 0.6 is 0 Å². The van der Waals surface area contributed by atoms with E-state index in [0.29, 0.717) is 23.0 Å². The van der Waals surface area contributed by atoms with E-state index < -0.39 is 22.4 Å². The molecule has 130 valence electrons. The summed E-state index contributed by atoms with van der Waals surface area (Å²) in [6.45, 7) is 17.2. The highest BCUT2D eigenvalue weighted by Gasteiger charge is 2.60. The molecule has 0 aliphatic heterocycles. The topological polar surface area (TPSA) is 27.7 Å². The van der Waals surface area contributed by atoms with Crippen molar-refractivity contribution < 1.29 is 13.3 Å². The lowest BCUT2D eigenvalue weighted by Crippen LogP contribution is -2.61. The molecule has 23 heavy (non-hydrogen) atoms. The lowest BCUT2D eigenvalue weighted by atomic mass is 9.79. The Labute approximate surface area is 146 Å². The molecule has 2 bridgehead atoms. The maximum absolute atomic E-state index is 6.79. The predicted octanol–water partition coefficient (Wildman–Crippen LogP) is 3.23. The van der Waals surface area contributed by atoms with Gasteiger partial charge >= 0.3 is 0 Å². The van der Waals surface area contributed by atoms with E-state index in [1.165, 1.54) is 6.42 Å². The third-order valence-corrected chi connectivity index (χ3v) is 9.17. The minimum atomic E-state index is -2.05. The zero-order valence-corrected chi connectivity index (χ0v) is 19.4. The van der Waals surface area contributed by atoms with Crippen LogP contribution in [0.5, 0.6) is 0 Å². The summed E-state index contributed by atoms with van der Waals surface area (Å²) in [5.74, 6) is -0.0395. The molecule has 0 spiro atoms. The van der Waals surface area contributed by atoms with E-state index in [9.17, 15) is 0 Å². The molecular weight excluding hydrogens is 336 g/mol. The molecule has 1 fully saturated rings. The van der Waals surface area contributed by atoms with E-state index in [-0.39, 0.29) is 5.41 Å². The van der Waals surface area contributed by atoms with Gasteiger partial charge in [-0.2, -0.15) is 0 Å². The monoisotopic (exact) mass is 368 g/mol.